The molecule has 0 aromatic carbocycles. The zero-order chi connectivity index (χ0) is 21.5. The second kappa shape index (κ2) is 13.1. The van der Waals surface area contributed by atoms with Gasteiger partial charge in [0.05, 0.1) is 0 Å². The van der Waals surface area contributed by atoms with E-state index in [0.29, 0.717) is 0 Å². The summed E-state index contributed by atoms with van der Waals surface area (Å²) in [5, 5.41) is 4.43. The maximum absolute atomic E-state index is 4.43. The lowest BCUT2D eigenvalue weighted by Crippen LogP contribution is -2.40. The quantitative estimate of drug-likeness (QED) is 0.352. The summed E-state index contributed by atoms with van der Waals surface area (Å²) in [7, 11) is 0.298. The normalized spacial score (nSPS) is 28.3. The van der Waals surface area contributed by atoms with Crippen LogP contribution in [-0.4, -0.2) is 34.2 Å². The fourth-order valence-corrected chi connectivity index (χ4v) is 16.4. The van der Waals surface area contributed by atoms with Crippen molar-refractivity contribution in [2.45, 2.75) is 176 Å². The van der Waals surface area contributed by atoms with Crippen molar-refractivity contribution in [3.8, 4) is 0 Å². The van der Waals surface area contributed by atoms with Crippen molar-refractivity contribution in [3.05, 3.63) is 0 Å². The molecule has 0 spiro atoms. The standard InChI is InChI=1S/C28H53NP2/c1-23(30(25-15-7-3-8-16-25)26-17-9-4-10-18-26)29-24(2)31(27-19-11-5-12-20-27)28-21-13-6-14-22-28/h23-29H,3-22H2,1-2H3. The van der Waals surface area contributed by atoms with E-state index in [1.807, 2.05) is 0 Å². The second-order valence-corrected chi connectivity index (χ2v) is 17.8. The fraction of sp³-hybridized carbons (Fsp3) is 1.00. The summed E-state index contributed by atoms with van der Waals surface area (Å²) in [5.74, 6) is 1.60. The molecule has 0 aromatic heterocycles. The second-order valence-electron chi connectivity index (χ2n) is 11.6. The molecular formula is C28H53NP2. The Morgan fingerprint density at radius 3 is 0.871 bits per heavy atom. The van der Waals surface area contributed by atoms with Crippen molar-refractivity contribution in [1.29, 1.82) is 0 Å². The lowest BCUT2D eigenvalue weighted by Gasteiger charge is -2.46. The van der Waals surface area contributed by atoms with Crippen LogP contribution < -0.4 is 5.32 Å². The van der Waals surface area contributed by atoms with Gasteiger partial charge in [0.2, 0.25) is 0 Å². The smallest absolute Gasteiger partial charge is 0.0251 e. The highest BCUT2D eigenvalue weighted by Gasteiger charge is 2.38. The number of nitrogens with one attached hydrogen (secondary N) is 1. The third-order valence-electron chi connectivity index (χ3n) is 9.36. The maximum Gasteiger partial charge on any atom is 0.0251 e. The molecular weight excluding hydrogens is 412 g/mol. The van der Waals surface area contributed by atoms with Gasteiger partial charge in [0.1, 0.15) is 0 Å². The first-order valence-corrected chi connectivity index (χ1v) is 17.6. The molecule has 0 radical (unpaired) electrons. The van der Waals surface area contributed by atoms with Gasteiger partial charge in [-0.3, -0.25) is 0 Å². The Bertz CT molecular complexity index is 407. The molecule has 31 heavy (non-hydrogen) atoms. The molecule has 0 amide bonds. The molecule has 2 atom stereocenters. The number of hydrogen-bond donors (Lipinski definition) is 1. The molecule has 1 nitrogen and oxygen atoms in total. The summed E-state index contributed by atoms with van der Waals surface area (Å²) in [5.41, 5.74) is 4.32. The van der Waals surface area contributed by atoms with Gasteiger partial charge in [-0.15, -0.1) is 0 Å². The first-order chi connectivity index (χ1) is 15.2. The Kier molecular flexibility index (Phi) is 10.5. The molecule has 1 N–H and O–H groups in total. The van der Waals surface area contributed by atoms with Gasteiger partial charge < -0.3 is 5.32 Å². The molecule has 0 bridgehead atoms. The van der Waals surface area contributed by atoms with Gasteiger partial charge >= 0.3 is 0 Å². The Hall–Kier alpha value is 0.820. The minimum atomic E-state index is 0.149. The van der Waals surface area contributed by atoms with Gasteiger partial charge in [-0.25, -0.2) is 0 Å². The van der Waals surface area contributed by atoms with Crippen LogP contribution in [0.5, 0.6) is 0 Å². The molecule has 4 saturated carbocycles. The maximum atomic E-state index is 4.43. The zero-order valence-electron chi connectivity index (χ0n) is 21.0. The van der Waals surface area contributed by atoms with E-state index in [-0.39, 0.29) is 15.8 Å². The topological polar surface area (TPSA) is 12.0 Å². The minimum Gasteiger partial charge on any atom is -0.304 e. The monoisotopic (exact) mass is 465 g/mol. The van der Waals surface area contributed by atoms with Crippen molar-refractivity contribution in [1.82, 2.24) is 5.32 Å². The van der Waals surface area contributed by atoms with Gasteiger partial charge in [0.15, 0.2) is 0 Å². The molecule has 180 valence electrons. The summed E-state index contributed by atoms with van der Waals surface area (Å²) in [6, 6.07) is 0. The van der Waals surface area contributed by atoms with Gasteiger partial charge in [-0.1, -0.05) is 92.9 Å². The van der Waals surface area contributed by atoms with E-state index in [2.05, 4.69) is 19.2 Å². The summed E-state index contributed by atoms with van der Waals surface area (Å²) in [6.07, 6.45) is 30.7. The van der Waals surface area contributed by atoms with Crippen LogP contribution in [0.1, 0.15) is 142 Å². The van der Waals surface area contributed by atoms with Gasteiger partial charge in [-0.2, -0.15) is 0 Å². The molecule has 0 saturated heterocycles. The molecule has 4 aliphatic carbocycles. The van der Waals surface area contributed by atoms with E-state index >= 15 is 0 Å². The molecule has 4 rings (SSSR count). The van der Waals surface area contributed by atoms with Crippen molar-refractivity contribution in [2.24, 2.45) is 0 Å². The molecule has 0 aliphatic heterocycles. The van der Waals surface area contributed by atoms with Crippen LogP contribution in [0.2, 0.25) is 0 Å². The highest BCUT2D eigenvalue weighted by Crippen LogP contribution is 2.61. The molecule has 3 heteroatoms. The number of hydrogen-bond acceptors (Lipinski definition) is 1. The summed E-state index contributed by atoms with van der Waals surface area (Å²) in [6.45, 7) is 5.31. The average molecular weight is 466 g/mol. The summed E-state index contributed by atoms with van der Waals surface area (Å²) < 4.78 is 0. The first kappa shape index (κ1) is 24.9. The van der Waals surface area contributed by atoms with Crippen molar-refractivity contribution in [3.63, 3.8) is 0 Å². The van der Waals surface area contributed by atoms with E-state index in [4.69, 9.17) is 0 Å². The zero-order valence-corrected chi connectivity index (χ0v) is 22.8. The highest BCUT2D eigenvalue weighted by atomic mass is 31.1. The Morgan fingerprint density at radius 2 is 0.645 bits per heavy atom. The molecule has 4 aliphatic rings. The van der Waals surface area contributed by atoms with E-state index in [9.17, 15) is 0 Å². The van der Waals surface area contributed by atoms with Crippen LogP contribution in [0.25, 0.3) is 0 Å². The third kappa shape index (κ3) is 6.92. The van der Waals surface area contributed by atoms with Crippen LogP contribution in [0.3, 0.4) is 0 Å². The first-order valence-electron chi connectivity index (χ1n) is 14.5. The largest absolute Gasteiger partial charge is 0.304 e. The van der Waals surface area contributed by atoms with Crippen molar-refractivity contribution in [2.75, 3.05) is 0 Å². The van der Waals surface area contributed by atoms with E-state index in [1.165, 1.54) is 77.0 Å². The fourth-order valence-electron chi connectivity index (χ4n) is 7.90. The lowest BCUT2D eigenvalue weighted by atomic mass is 9.99. The molecule has 4 fully saturated rings. The SMILES string of the molecule is CC(NC(C)P(C1CCCCC1)C1CCCCC1)P(C1CCCCC1)C1CCCCC1. The molecule has 0 aromatic rings. The van der Waals surface area contributed by atoms with Crippen LogP contribution in [0.15, 0.2) is 0 Å². The average Bonchev–Trinajstić information content (AvgIpc) is 2.82. The van der Waals surface area contributed by atoms with Gasteiger partial charge in [0, 0.05) is 11.6 Å². The van der Waals surface area contributed by atoms with Crippen LogP contribution in [0, 0.1) is 0 Å². The van der Waals surface area contributed by atoms with Gasteiger partial charge in [-0.05, 0) is 87.9 Å². The van der Waals surface area contributed by atoms with Crippen LogP contribution >= 0.6 is 15.8 Å². The highest BCUT2D eigenvalue weighted by molar-refractivity contribution is 7.61. The van der Waals surface area contributed by atoms with Crippen LogP contribution in [-0.2, 0) is 0 Å². The van der Waals surface area contributed by atoms with E-state index < -0.39 is 0 Å². The van der Waals surface area contributed by atoms with Crippen LogP contribution in [0.4, 0.5) is 0 Å². The minimum absolute atomic E-state index is 0.149. The van der Waals surface area contributed by atoms with E-state index in [0.717, 1.165) is 34.2 Å². The Labute approximate surface area is 197 Å². The molecule has 2 unspecified atom stereocenters. The summed E-state index contributed by atoms with van der Waals surface area (Å²) >= 11 is 0. The summed E-state index contributed by atoms with van der Waals surface area (Å²) in [4.78, 5) is 0. The molecule has 0 heterocycles. The predicted octanol–water partition coefficient (Wildman–Crippen LogP) is 9.56. The Balaban J connectivity index is 1.45. The lowest BCUT2D eigenvalue weighted by molar-refractivity contribution is 0.469. The Morgan fingerprint density at radius 1 is 0.419 bits per heavy atom. The van der Waals surface area contributed by atoms with E-state index in [1.54, 1.807) is 51.4 Å². The number of rotatable bonds is 8. The third-order valence-corrected chi connectivity index (χ3v) is 16.9. The predicted molar refractivity (Wildman–Crippen MR) is 143 cm³/mol. The van der Waals surface area contributed by atoms with Crippen molar-refractivity contribution < 1.29 is 0 Å². The van der Waals surface area contributed by atoms with Gasteiger partial charge in [0.25, 0.3) is 0 Å². The van der Waals surface area contributed by atoms with Crippen molar-refractivity contribution >= 4 is 15.8 Å².